The van der Waals surface area contributed by atoms with Crippen molar-refractivity contribution in [3.8, 4) is 5.88 Å². The van der Waals surface area contributed by atoms with Gasteiger partial charge in [-0.2, -0.15) is 0 Å². The summed E-state index contributed by atoms with van der Waals surface area (Å²) < 4.78 is 7.35. The van der Waals surface area contributed by atoms with Gasteiger partial charge in [0.1, 0.15) is 6.04 Å². The summed E-state index contributed by atoms with van der Waals surface area (Å²) in [6.45, 7) is 4.67. The van der Waals surface area contributed by atoms with Gasteiger partial charge in [0.25, 0.3) is 0 Å². The molecule has 1 atom stereocenters. The Morgan fingerprint density at radius 2 is 2.08 bits per heavy atom. The van der Waals surface area contributed by atoms with E-state index < -0.39 is 0 Å². The minimum Gasteiger partial charge on any atom is -0.478 e. The Morgan fingerprint density at radius 3 is 2.92 bits per heavy atom. The van der Waals surface area contributed by atoms with E-state index >= 15 is 0 Å². The topological polar surface area (TPSA) is 69.0 Å². The lowest BCUT2D eigenvalue weighted by molar-refractivity contribution is -0.123. The molecule has 0 aliphatic heterocycles. The van der Waals surface area contributed by atoms with Crippen LogP contribution < -0.4 is 10.1 Å². The fraction of sp³-hybridized carbons (Fsp3) is 0.278. The maximum absolute atomic E-state index is 12.5. The molecule has 1 aromatic carbocycles. The molecule has 0 unspecified atom stereocenters. The van der Waals surface area contributed by atoms with E-state index in [1.165, 1.54) is 0 Å². The largest absolute Gasteiger partial charge is 0.478 e. The standard InChI is InChI=1S/C18H20N4O2/c1-3-24-18-14(7-6-10-19-18)11-20-17(23)13(2)22-12-21-15-8-4-5-9-16(15)22/h4-10,12-13H,3,11H2,1-2H3,(H,20,23)/t13-/m0/s1. The van der Waals surface area contributed by atoms with Crippen molar-refractivity contribution in [2.45, 2.75) is 26.4 Å². The summed E-state index contributed by atoms with van der Waals surface area (Å²) in [5, 5.41) is 2.94. The van der Waals surface area contributed by atoms with Gasteiger partial charge in [0.05, 0.1) is 24.0 Å². The number of amides is 1. The number of aromatic nitrogens is 3. The molecule has 6 heteroatoms. The SMILES string of the molecule is CCOc1ncccc1CNC(=O)[C@H](C)n1cnc2ccccc21. The van der Waals surface area contributed by atoms with Crippen molar-refractivity contribution < 1.29 is 9.53 Å². The molecular formula is C18H20N4O2. The lowest BCUT2D eigenvalue weighted by Gasteiger charge is -2.15. The highest BCUT2D eigenvalue weighted by atomic mass is 16.5. The van der Waals surface area contributed by atoms with E-state index in [4.69, 9.17) is 4.74 Å². The van der Waals surface area contributed by atoms with Gasteiger partial charge in [-0.3, -0.25) is 4.79 Å². The molecule has 0 radical (unpaired) electrons. The van der Waals surface area contributed by atoms with Gasteiger partial charge < -0.3 is 14.6 Å². The number of nitrogens with zero attached hydrogens (tertiary/aromatic N) is 3. The van der Waals surface area contributed by atoms with E-state index in [0.717, 1.165) is 16.6 Å². The quantitative estimate of drug-likeness (QED) is 0.757. The first-order chi connectivity index (χ1) is 11.7. The number of hydrogen-bond acceptors (Lipinski definition) is 4. The van der Waals surface area contributed by atoms with E-state index in [2.05, 4.69) is 15.3 Å². The van der Waals surface area contributed by atoms with Crippen LogP contribution in [0.5, 0.6) is 5.88 Å². The van der Waals surface area contributed by atoms with Crippen LogP contribution in [0, 0.1) is 0 Å². The highest BCUT2D eigenvalue weighted by Gasteiger charge is 2.17. The number of para-hydroxylation sites is 2. The Bertz CT molecular complexity index is 844. The van der Waals surface area contributed by atoms with E-state index in [9.17, 15) is 4.79 Å². The predicted octanol–water partition coefficient (Wildman–Crippen LogP) is 2.71. The Morgan fingerprint density at radius 1 is 1.25 bits per heavy atom. The number of nitrogens with one attached hydrogen (secondary N) is 1. The molecule has 2 aromatic heterocycles. The zero-order chi connectivity index (χ0) is 16.9. The van der Waals surface area contributed by atoms with E-state index in [1.807, 2.05) is 54.8 Å². The third-order valence-corrected chi connectivity index (χ3v) is 3.86. The molecule has 0 aliphatic rings. The van der Waals surface area contributed by atoms with Crippen molar-refractivity contribution in [1.29, 1.82) is 0 Å². The van der Waals surface area contributed by atoms with Crippen molar-refractivity contribution in [2.75, 3.05) is 6.61 Å². The number of benzene rings is 1. The van der Waals surface area contributed by atoms with Gasteiger partial charge >= 0.3 is 0 Å². The van der Waals surface area contributed by atoms with E-state index in [1.54, 1.807) is 12.5 Å². The third-order valence-electron chi connectivity index (χ3n) is 3.86. The number of imidazole rings is 1. The highest BCUT2D eigenvalue weighted by molar-refractivity contribution is 5.83. The molecule has 3 rings (SSSR count). The molecule has 1 amide bonds. The maximum Gasteiger partial charge on any atom is 0.243 e. The number of fused-ring (bicyclic) bond motifs is 1. The summed E-state index contributed by atoms with van der Waals surface area (Å²) >= 11 is 0. The molecule has 0 aliphatic carbocycles. The number of ether oxygens (including phenoxy) is 1. The first-order valence-corrected chi connectivity index (χ1v) is 7.96. The van der Waals surface area contributed by atoms with Gasteiger partial charge in [0.15, 0.2) is 0 Å². The molecule has 3 aromatic rings. The second-order valence-electron chi connectivity index (χ2n) is 5.44. The molecule has 0 saturated carbocycles. The van der Waals surface area contributed by atoms with Gasteiger partial charge in [-0.15, -0.1) is 0 Å². The highest BCUT2D eigenvalue weighted by Crippen LogP contribution is 2.18. The van der Waals surface area contributed by atoms with Gasteiger partial charge in [0, 0.05) is 18.3 Å². The van der Waals surface area contributed by atoms with Crippen LogP contribution in [0.2, 0.25) is 0 Å². The van der Waals surface area contributed by atoms with Crippen LogP contribution in [0.15, 0.2) is 48.9 Å². The van der Waals surface area contributed by atoms with Crippen LogP contribution >= 0.6 is 0 Å². The third kappa shape index (κ3) is 3.22. The van der Waals surface area contributed by atoms with Crippen LogP contribution in [0.1, 0.15) is 25.5 Å². The van der Waals surface area contributed by atoms with Crippen LogP contribution in [0.3, 0.4) is 0 Å². The van der Waals surface area contributed by atoms with Crippen molar-refractivity contribution in [3.63, 3.8) is 0 Å². The fourth-order valence-corrected chi connectivity index (χ4v) is 2.57. The summed E-state index contributed by atoms with van der Waals surface area (Å²) in [6.07, 6.45) is 3.38. The lowest BCUT2D eigenvalue weighted by atomic mass is 10.2. The van der Waals surface area contributed by atoms with Gasteiger partial charge in [-0.1, -0.05) is 18.2 Å². The van der Waals surface area contributed by atoms with Crippen LogP contribution in [0.4, 0.5) is 0 Å². The van der Waals surface area contributed by atoms with Gasteiger partial charge in [0.2, 0.25) is 11.8 Å². The number of rotatable bonds is 6. The zero-order valence-corrected chi connectivity index (χ0v) is 13.8. The number of pyridine rings is 1. The maximum atomic E-state index is 12.5. The summed E-state index contributed by atoms with van der Waals surface area (Å²) in [6, 6.07) is 11.1. The Kier molecular flexibility index (Phi) is 4.74. The average Bonchev–Trinajstić information content (AvgIpc) is 3.04. The number of carbonyl (C=O) groups is 1. The van der Waals surface area contributed by atoms with Gasteiger partial charge in [-0.25, -0.2) is 9.97 Å². The van der Waals surface area contributed by atoms with Gasteiger partial charge in [-0.05, 0) is 32.0 Å². The molecule has 24 heavy (non-hydrogen) atoms. The summed E-state index contributed by atoms with van der Waals surface area (Å²) in [5.41, 5.74) is 2.68. The molecule has 0 saturated heterocycles. The smallest absolute Gasteiger partial charge is 0.243 e. The first kappa shape index (κ1) is 16.0. The first-order valence-electron chi connectivity index (χ1n) is 7.96. The van der Waals surface area contributed by atoms with Crippen molar-refractivity contribution in [3.05, 3.63) is 54.5 Å². The molecule has 124 valence electrons. The molecule has 0 fully saturated rings. The Labute approximate surface area is 140 Å². The molecule has 6 nitrogen and oxygen atoms in total. The minimum absolute atomic E-state index is 0.0792. The van der Waals surface area contributed by atoms with Crippen LogP contribution in [-0.2, 0) is 11.3 Å². The number of carbonyl (C=O) groups excluding carboxylic acids is 1. The number of hydrogen-bond donors (Lipinski definition) is 1. The monoisotopic (exact) mass is 324 g/mol. The predicted molar refractivity (Wildman–Crippen MR) is 91.7 cm³/mol. The normalized spacial score (nSPS) is 12.1. The molecule has 0 spiro atoms. The zero-order valence-electron chi connectivity index (χ0n) is 13.8. The molecule has 0 bridgehead atoms. The fourth-order valence-electron chi connectivity index (χ4n) is 2.57. The lowest BCUT2D eigenvalue weighted by Crippen LogP contribution is -2.30. The summed E-state index contributed by atoms with van der Waals surface area (Å²) in [4.78, 5) is 21.0. The Balaban J connectivity index is 1.71. The Hall–Kier alpha value is -2.89. The summed E-state index contributed by atoms with van der Waals surface area (Å²) in [5.74, 6) is 0.477. The van der Waals surface area contributed by atoms with Crippen LogP contribution in [0.25, 0.3) is 11.0 Å². The summed E-state index contributed by atoms with van der Waals surface area (Å²) in [7, 11) is 0. The van der Waals surface area contributed by atoms with Crippen molar-refractivity contribution in [1.82, 2.24) is 19.9 Å². The molecule has 1 N–H and O–H groups in total. The van der Waals surface area contributed by atoms with Crippen molar-refractivity contribution in [2.24, 2.45) is 0 Å². The van der Waals surface area contributed by atoms with E-state index in [0.29, 0.717) is 19.0 Å². The average molecular weight is 324 g/mol. The molecule has 2 heterocycles. The molecular weight excluding hydrogens is 304 g/mol. The minimum atomic E-state index is -0.357. The second kappa shape index (κ2) is 7.12. The van der Waals surface area contributed by atoms with E-state index in [-0.39, 0.29) is 11.9 Å². The van der Waals surface area contributed by atoms with Crippen molar-refractivity contribution >= 4 is 16.9 Å². The second-order valence-corrected chi connectivity index (χ2v) is 5.44. The van der Waals surface area contributed by atoms with Crippen LogP contribution in [-0.4, -0.2) is 27.0 Å².